The van der Waals surface area contributed by atoms with E-state index in [4.69, 9.17) is 4.74 Å². The summed E-state index contributed by atoms with van der Waals surface area (Å²) in [7, 11) is 0. The van der Waals surface area contributed by atoms with Gasteiger partial charge in [0.2, 0.25) is 0 Å². The molecule has 2 fully saturated rings. The molecule has 1 saturated carbocycles. The van der Waals surface area contributed by atoms with Crippen LogP contribution in [0.1, 0.15) is 33.1 Å². The molecular weight excluding hydrogens is 228 g/mol. The van der Waals surface area contributed by atoms with Crippen molar-refractivity contribution in [2.24, 2.45) is 17.3 Å². The van der Waals surface area contributed by atoms with Crippen molar-refractivity contribution in [2.75, 3.05) is 6.61 Å². The molecule has 0 radical (unpaired) electrons. The molecule has 3 aliphatic rings. The molecule has 0 amide bonds. The fraction of sp³-hybridized carbons (Fsp3) is 0.667. The minimum Gasteiger partial charge on any atom is -0.459 e. The number of aliphatic hydroxyl groups is 1. The van der Waals surface area contributed by atoms with Gasteiger partial charge in [0.25, 0.3) is 0 Å². The van der Waals surface area contributed by atoms with Crippen LogP contribution in [0.15, 0.2) is 23.8 Å². The predicted molar refractivity (Wildman–Crippen MR) is 67.7 cm³/mol. The monoisotopic (exact) mass is 248 g/mol. The first-order valence-electron chi connectivity index (χ1n) is 6.69. The van der Waals surface area contributed by atoms with Crippen molar-refractivity contribution in [3.8, 4) is 0 Å². The summed E-state index contributed by atoms with van der Waals surface area (Å²) in [6, 6.07) is 0. The third-order valence-electron chi connectivity index (χ3n) is 5.53. The molecule has 3 rings (SSSR count). The van der Waals surface area contributed by atoms with Crippen molar-refractivity contribution < 1.29 is 14.6 Å². The number of ether oxygens (including phenoxy) is 1. The summed E-state index contributed by atoms with van der Waals surface area (Å²) in [6.07, 6.45) is 4.61. The van der Waals surface area contributed by atoms with Crippen LogP contribution in [0.3, 0.4) is 0 Å². The molecule has 3 heteroatoms. The Kier molecular flexibility index (Phi) is 2.31. The summed E-state index contributed by atoms with van der Waals surface area (Å²) in [6.45, 7) is 8.61. The Hall–Kier alpha value is -1.09. The van der Waals surface area contributed by atoms with Crippen LogP contribution in [-0.2, 0) is 9.53 Å². The van der Waals surface area contributed by atoms with Gasteiger partial charge in [-0.15, -0.1) is 0 Å². The minimum atomic E-state index is -1.12. The van der Waals surface area contributed by atoms with Gasteiger partial charge in [0.1, 0.15) is 12.2 Å². The number of carbonyl (C=O) groups is 1. The van der Waals surface area contributed by atoms with E-state index in [2.05, 4.69) is 20.4 Å². The summed E-state index contributed by atoms with van der Waals surface area (Å²) in [5, 5.41) is 11.0. The summed E-state index contributed by atoms with van der Waals surface area (Å²) in [5.74, 6) is 0.408. The van der Waals surface area contributed by atoms with Crippen molar-refractivity contribution in [3.05, 3.63) is 23.8 Å². The minimum absolute atomic E-state index is 0.103. The van der Waals surface area contributed by atoms with Gasteiger partial charge in [-0.3, -0.25) is 0 Å². The number of rotatable bonds is 0. The Labute approximate surface area is 108 Å². The van der Waals surface area contributed by atoms with Gasteiger partial charge in [-0.1, -0.05) is 32.1 Å². The van der Waals surface area contributed by atoms with Gasteiger partial charge >= 0.3 is 5.97 Å². The van der Waals surface area contributed by atoms with Crippen molar-refractivity contribution >= 4 is 5.97 Å². The summed E-state index contributed by atoms with van der Waals surface area (Å²) >= 11 is 0. The van der Waals surface area contributed by atoms with Crippen LogP contribution >= 0.6 is 0 Å². The lowest BCUT2D eigenvalue weighted by molar-refractivity contribution is -0.136. The van der Waals surface area contributed by atoms with Crippen molar-refractivity contribution in [1.82, 2.24) is 0 Å². The van der Waals surface area contributed by atoms with Gasteiger partial charge in [0.05, 0.1) is 5.57 Å². The maximum absolute atomic E-state index is 11.7. The molecule has 1 heterocycles. The number of hydrogen-bond acceptors (Lipinski definition) is 3. The zero-order valence-corrected chi connectivity index (χ0v) is 11.0. The highest BCUT2D eigenvalue weighted by atomic mass is 16.6. The molecule has 0 bridgehead atoms. The molecule has 98 valence electrons. The van der Waals surface area contributed by atoms with Crippen LogP contribution in [0.5, 0.6) is 0 Å². The fourth-order valence-electron chi connectivity index (χ4n) is 3.99. The third-order valence-corrected chi connectivity index (χ3v) is 5.53. The second kappa shape index (κ2) is 3.47. The Balaban J connectivity index is 2.10. The van der Waals surface area contributed by atoms with Gasteiger partial charge in [-0.05, 0) is 31.1 Å². The SMILES string of the molecule is C=C1C(C)CC[C@@]2(C)C1CC=C1C(=O)OC[C@@]12O. The van der Waals surface area contributed by atoms with Crippen LogP contribution in [0.25, 0.3) is 0 Å². The van der Waals surface area contributed by atoms with E-state index >= 15 is 0 Å². The van der Waals surface area contributed by atoms with Crippen LogP contribution < -0.4 is 0 Å². The predicted octanol–water partition coefficient (Wildman–Crippen LogP) is 2.21. The average molecular weight is 248 g/mol. The number of fused-ring (bicyclic) bond motifs is 3. The molecule has 18 heavy (non-hydrogen) atoms. The van der Waals surface area contributed by atoms with E-state index in [0.29, 0.717) is 11.5 Å². The summed E-state index contributed by atoms with van der Waals surface area (Å²) in [4.78, 5) is 11.7. The van der Waals surface area contributed by atoms with Crippen molar-refractivity contribution in [3.63, 3.8) is 0 Å². The second-order valence-corrected chi connectivity index (χ2v) is 6.27. The molecule has 0 aromatic carbocycles. The molecule has 1 N–H and O–H groups in total. The van der Waals surface area contributed by atoms with E-state index in [9.17, 15) is 9.90 Å². The maximum Gasteiger partial charge on any atom is 0.336 e. The zero-order valence-electron chi connectivity index (χ0n) is 11.0. The molecule has 4 atom stereocenters. The molecule has 0 aromatic heterocycles. The number of esters is 1. The topological polar surface area (TPSA) is 46.5 Å². The molecule has 3 nitrogen and oxygen atoms in total. The lowest BCUT2D eigenvalue weighted by atomic mass is 9.51. The standard InChI is InChI=1S/C15H20O3/c1-9-6-7-14(3)11(10(9)2)4-5-12-13(16)18-8-15(12,14)17/h5,9,11,17H,2,4,6-8H2,1,3H3/t9?,11?,14-,15+/m0/s1. The normalized spacial score (nSPS) is 47.2. The molecule has 2 aliphatic carbocycles. The average Bonchev–Trinajstić information content (AvgIpc) is 2.63. The summed E-state index contributed by atoms with van der Waals surface area (Å²) in [5.41, 5.74) is 0.263. The van der Waals surface area contributed by atoms with Crippen LogP contribution in [0.2, 0.25) is 0 Å². The second-order valence-electron chi connectivity index (χ2n) is 6.27. The maximum atomic E-state index is 11.7. The van der Waals surface area contributed by atoms with Gasteiger partial charge in [0, 0.05) is 5.41 Å². The Bertz CT molecular complexity index is 464. The first-order valence-corrected chi connectivity index (χ1v) is 6.69. The largest absolute Gasteiger partial charge is 0.459 e. The molecule has 1 aliphatic heterocycles. The number of carbonyl (C=O) groups excluding carboxylic acids is 1. The first kappa shape index (κ1) is 12.0. The van der Waals surface area contributed by atoms with E-state index < -0.39 is 5.60 Å². The van der Waals surface area contributed by atoms with Gasteiger partial charge in [-0.2, -0.15) is 0 Å². The van der Waals surface area contributed by atoms with Crippen LogP contribution in [0.4, 0.5) is 0 Å². The molecular formula is C15H20O3. The van der Waals surface area contributed by atoms with E-state index in [-0.39, 0.29) is 23.9 Å². The van der Waals surface area contributed by atoms with Gasteiger partial charge in [0.15, 0.2) is 0 Å². The highest BCUT2D eigenvalue weighted by Crippen LogP contribution is 2.59. The van der Waals surface area contributed by atoms with Gasteiger partial charge < -0.3 is 9.84 Å². The first-order chi connectivity index (χ1) is 8.40. The van der Waals surface area contributed by atoms with Gasteiger partial charge in [-0.25, -0.2) is 4.79 Å². The Morgan fingerprint density at radius 1 is 1.56 bits per heavy atom. The summed E-state index contributed by atoms with van der Waals surface area (Å²) < 4.78 is 5.09. The number of allylic oxidation sites excluding steroid dienone is 2. The van der Waals surface area contributed by atoms with E-state index in [0.717, 1.165) is 19.3 Å². The molecule has 1 saturated heterocycles. The van der Waals surface area contributed by atoms with E-state index in [1.807, 2.05) is 6.08 Å². The van der Waals surface area contributed by atoms with E-state index in [1.54, 1.807) is 0 Å². The Morgan fingerprint density at radius 2 is 2.28 bits per heavy atom. The quantitative estimate of drug-likeness (QED) is 0.528. The number of hydrogen-bond donors (Lipinski definition) is 1. The van der Waals surface area contributed by atoms with Crippen molar-refractivity contribution in [2.45, 2.75) is 38.7 Å². The highest BCUT2D eigenvalue weighted by molar-refractivity contribution is 5.93. The third kappa shape index (κ3) is 1.21. The lowest BCUT2D eigenvalue weighted by Crippen LogP contribution is -2.57. The smallest absolute Gasteiger partial charge is 0.336 e. The van der Waals surface area contributed by atoms with Crippen LogP contribution in [0, 0.1) is 17.3 Å². The van der Waals surface area contributed by atoms with Crippen LogP contribution in [-0.4, -0.2) is 23.3 Å². The molecule has 2 unspecified atom stereocenters. The fourth-order valence-corrected chi connectivity index (χ4v) is 3.99. The lowest BCUT2D eigenvalue weighted by Gasteiger charge is -2.54. The molecule has 0 aromatic rings. The van der Waals surface area contributed by atoms with Crippen molar-refractivity contribution in [1.29, 1.82) is 0 Å². The number of cyclic esters (lactones) is 1. The highest BCUT2D eigenvalue weighted by Gasteiger charge is 2.62. The molecule has 0 spiro atoms. The Morgan fingerprint density at radius 3 is 3.00 bits per heavy atom. The zero-order chi connectivity index (χ0) is 13.1. The van der Waals surface area contributed by atoms with E-state index in [1.165, 1.54) is 5.57 Å².